The van der Waals surface area contributed by atoms with Crippen LogP contribution in [0.5, 0.6) is 0 Å². The summed E-state index contributed by atoms with van der Waals surface area (Å²) in [7, 11) is 0. The van der Waals surface area contributed by atoms with Crippen molar-refractivity contribution in [1.29, 1.82) is 0 Å². The first-order valence-electron chi connectivity index (χ1n) is 8.45. The molecule has 4 fully saturated rings. The molecule has 0 aromatic carbocycles. The summed E-state index contributed by atoms with van der Waals surface area (Å²) < 4.78 is 5.27. The number of likely N-dealkylation sites (tertiary alicyclic amines) is 1. The fourth-order valence-electron chi connectivity index (χ4n) is 4.91. The second-order valence-corrected chi connectivity index (χ2v) is 9.28. The Labute approximate surface area is 157 Å². The zero-order valence-electron chi connectivity index (χ0n) is 13.4. The molecule has 3 amide bonds. The average Bonchev–Trinajstić information content (AvgIpc) is 3.19. The van der Waals surface area contributed by atoms with Gasteiger partial charge in [-0.25, -0.2) is 0 Å². The molecule has 8 heteroatoms. The minimum absolute atomic E-state index is 0.155. The number of hydrogen-bond acceptors (Lipinski definition) is 4. The Kier molecular flexibility index (Phi) is 4.28. The maximum Gasteiger partial charge on any atom is 0.245 e. The first kappa shape index (κ1) is 17.0. The summed E-state index contributed by atoms with van der Waals surface area (Å²) in [5.74, 6) is -0.640. The number of imide groups is 1. The molecule has 0 spiro atoms. The van der Waals surface area contributed by atoms with Crippen molar-refractivity contribution in [3.63, 3.8) is 0 Å². The van der Waals surface area contributed by atoms with E-state index in [2.05, 4.69) is 31.9 Å². The fourth-order valence-corrected chi connectivity index (χ4v) is 6.79. The van der Waals surface area contributed by atoms with Gasteiger partial charge in [0.15, 0.2) is 0 Å². The summed E-state index contributed by atoms with van der Waals surface area (Å²) in [5.41, 5.74) is 0. The highest BCUT2D eigenvalue weighted by Crippen LogP contribution is 2.60. The van der Waals surface area contributed by atoms with Gasteiger partial charge in [-0.1, -0.05) is 31.9 Å². The lowest BCUT2D eigenvalue weighted by molar-refractivity contribution is -0.153. The molecule has 6 nitrogen and oxygen atoms in total. The number of hydrogen-bond donors (Lipinski definition) is 0. The van der Waals surface area contributed by atoms with Crippen LogP contribution in [0.2, 0.25) is 0 Å². The molecule has 2 saturated heterocycles. The smallest absolute Gasteiger partial charge is 0.245 e. The van der Waals surface area contributed by atoms with Crippen molar-refractivity contribution in [2.75, 3.05) is 26.3 Å². The second-order valence-electron chi connectivity index (χ2n) is 7.16. The van der Waals surface area contributed by atoms with Crippen molar-refractivity contribution in [3.05, 3.63) is 0 Å². The van der Waals surface area contributed by atoms with Crippen molar-refractivity contribution >= 4 is 49.6 Å². The summed E-state index contributed by atoms with van der Waals surface area (Å²) >= 11 is 7.35. The number of amides is 3. The maximum atomic E-state index is 12.9. The standard InChI is InChI=1S/C16H20Br2N2O4/c1-7(14(21)19-2-4-24-5-3-19)20-15(22)10-8-6-9(11(10)16(20)23)13(18)12(8)17/h7-13H,2-6H2,1H3/t7-,8-,9-,10-,11-,12-,13+/m1/s1. The molecule has 2 saturated carbocycles. The van der Waals surface area contributed by atoms with Crippen LogP contribution in [0.4, 0.5) is 0 Å². The van der Waals surface area contributed by atoms with E-state index in [-0.39, 0.29) is 51.0 Å². The van der Waals surface area contributed by atoms with E-state index in [1.165, 1.54) is 4.90 Å². The predicted octanol–water partition coefficient (Wildman–Crippen LogP) is 1.01. The molecule has 2 bridgehead atoms. The highest BCUT2D eigenvalue weighted by atomic mass is 79.9. The second kappa shape index (κ2) is 6.06. The molecule has 4 aliphatic rings. The van der Waals surface area contributed by atoms with Gasteiger partial charge in [0.05, 0.1) is 25.0 Å². The number of carbonyl (C=O) groups excluding carboxylic acids is 3. The molecule has 2 aliphatic heterocycles. The van der Waals surface area contributed by atoms with Crippen LogP contribution in [0.1, 0.15) is 13.3 Å². The van der Waals surface area contributed by atoms with Gasteiger partial charge in [0.1, 0.15) is 6.04 Å². The predicted molar refractivity (Wildman–Crippen MR) is 92.7 cm³/mol. The van der Waals surface area contributed by atoms with Gasteiger partial charge >= 0.3 is 0 Å². The van der Waals surface area contributed by atoms with Gasteiger partial charge in [0.2, 0.25) is 17.7 Å². The Morgan fingerprint density at radius 2 is 1.58 bits per heavy atom. The third kappa shape index (κ3) is 2.25. The summed E-state index contributed by atoms with van der Waals surface area (Å²) in [5, 5.41) is 0. The lowest BCUT2D eigenvalue weighted by Gasteiger charge is -2.32. The van der Waals surface area contributed by atoms with Gasteiger partial charge in [0, 0.05) is 22.7 Å². The van der Waals surface area contributed by atoms with E-state index in [1.807, 2.05) is 0 Å². The van der Waals surface area contributed by atoms with Crippen LogP contribution >= 0.6 is 31.9 Å². The number of morpholine rings is 1. The molecule has 0 aromatic heterocycles. The number of rotatable bonds is 2. The number of fused-ring (bicyclic) bond motifs is 5. The quantitative estimate of drug-likeness (QED) is 0.452. The van der Waals surface area contributed by atoms with Crippen molar-refractivity contribution < 1.29 is 19.1 Å². The SMILES string of the molecule is C[C@H](C(=O)N1CCOCC1)N1C(=O)[C@@H]2[C@H]3C[C@@H]([C@@H](Br)[C@H]3Br)[C@H]2C1=O. The summed E-state index contributed by atoms with van der Waals surface area (Å²) in [4.78, 5) is 42.0. The molecule has 4 rings (SSSR count). The molecule has 0 N–H and O–H groups in total. The molecule has 24 heavy (non-hydrogen) atoms. The number of nitrogens with zero attached hydrogens (tertiary/aromatic N) is 2. The highest BCUT2D eigenvalue weighted by Gasteiger charge is 2.67. The Morgan fingerprint density at radius 3 is 2.08 bits per heavy atom. The number of ether oxygens (including phenoxy) is 1. The Bertz CT molecular complexity index is 563. The van der Waals surface area contributed by atoms with Crippen molar-refractivity contribution in [2.45, 2.75) is 29.0 Å². The maximum absolute atomic E-state index is 12.9. The number of alkyl halides is 2. The van der Waals surface area contributed by atoms with Gasteiger partial charge < -0.3 is 9.64 Å². The fraction of sp³-hybridized carbons (Fsp3) is 0.812. The van der Waals surface area contributed by atoms with E-state index in [9.17, 15) is 14.4 Å². The van der Waals surface area contributed by atoms with Gasteiger partial charge in [-0.2, -0.15) is 0 Å². The first-order chi connectivity index (χ1) is 11.4. The zero-order chi connectivity index (χ0) is 17.2. The Morgan fingerprint density at radius 1 is 1.08 bits per heavy atom. The van der Waals surface area contributed by atoms with Crippen molar-refractivity contribution in [1.82, 2.24) is 9.80 Å². The van der Waals surface area contributed by atoms with Crippen LogP contribution in [0.15, 0.2) is 0 Å². The third-order valence-corrected chi connectivity index (χ3v) is 9.30. The molecule has 2 heterocycles. The molecular formula is C16H20Br2N2O4. The van der Waals surface area contributed by atoms with E-state index >= 15 is 0 Å². The topological polar surface area (TPSA) is 66.9 Å². The van der Waals surface area contributed by atoms with Crippen LogP contribution in [0.3, 0.4) is 0 Å². The average molecular weight is 464 g/mol. The highest BCUT2D eigenvalue weighted by molar-refractivity contribution is 9.12. The van der Waals surface area contributed by atoms with Crippen LogP contribution < -0.4 is 0 Å². The minimum Gasteiger partial charge on any atom is -0.378 e. The van der Waals surface area contributed by atoms with Gasteiger partial charge in [-0.15, -0.1) is 0 Å². The molecule has 0 radical (unpaired) electrons. The van der Waals surface area contributed by atoms with Gasteiger partial charge in [-0.3, -0.25) is 19.3 Å². The van der Waals surface area contributed by atoms with Crippen LogP contribution in [-0.2, 0) is 19.1 Å². The van der Waals surface area contributed by atoms with Crippen LogP contribution in [0, 0.1) is 23.7 Å². The largest absolute Gasteiger partial charge is 0.378 e. The summed E-state index contributed by atoms with van der Waals surface area (Å²) in [6, 6.07) is -0.726. The Hall–Kier alpha value is -0.470. The molecular weight excluding hydrogens is 444 g/mol. The van der Waals surface area contributed by atoms with Crippen LogP contribution in [0.25, 0.3) is 0 Å². The van der Waals surface area contributed by atoms with E-state index < -0.39 is 6.04 Å². The molecule has 0 aromatic rings. The van der Waals surface area contributed by atoms with E-state index in [1.54, 1.807) is 11.8 Å². The zero-order valence-corrected chi connectivity index (χ0v) is 16.5. The molecule has 7 atom stereocenters. The molecule has 2 aliphatic carbocycles. The molecule has 0 unspecified atom stereocenters. The number of halogens is 2. The summed E-state index contributed by atoms with van der Waals surface area (Å²) in [6.07, 6.45) is 0.901. The van der Waals surface area contributed by atoms with E-state index in [4.69, 9.17) is 4.74 Å². The molecule has 132 valence electrons. The summed E-state index contributed by atoms with van der Waals surface area (Å²) in [6.45, 7) is 3.72. The van der Waals surface area contributed by atoms with Crippen molar-refractivity contribution in [2.24, 2.45) is 23.7 Å². The number of carbonyl (C=O) groups is 3. The van der Waals surface area contributed by atoms with Gasteiger partial charge in [0.25, 0.3) is 0 Å². The van der Waals surface area contributed by atoms with Crippen LogP contribution in [-0.4, -0.2) is 69.5 Å². The van der Waals surface area contributed by atoms with Gasteiger partial charge in [-0.05, 0) is 25.2 Å². The minimum atomic E-state index is -0.726. The lowest BCUT2D eigenvalue weighted by Crippen LogP contribution is -2.52. The Balaban J connectivity index is 1.56. The van der Waals surface area contributed by atoms with E-state index in [0.29, 0.717) is 26.3 Å². The lowest BCUT2D eigenvalue weighted by atomic mass is 9.81. The monoisotopic (exact) mass is 462 g/mol. The normalized spacial score (nSPS) is 42.6. The van der Waals surface area contributed by atoms with E-state index in [0.717, 1.165) is 6.42 Å². The first-order valence-corrected chi connectivity index (χ1v) is 10.3. The van der Waals surface area contributed by atoms with Crippen molar-refractivity contribution in [3.8, 4) is 0 Å². The third-order valence-electron chi connectivity index (χ3n) is 6.09.